The predicted octanol–water partition coefficient (Wildman–Crippen LogP) is 9.48. The number of aromatic nitrogens is 1. The second-order valence-electron chi connectivity index (χ2n) is 11.2. The Morgan fingerprint density at radius 3 is 2.15 bits per heavy atom. The fourth-order valence-corrected chi connectivity index (χ4v) is 6.80. The molecule has 1 fully saturated rings. The largest absolute Gasteiger partial charge is 0.494 e. The Kier molecular flexibility index (Phi) is 11.4. The summed E-state index contributed by atoms with van der Waals surface area (Å²) in [5, 5.41) is 1.62. The lowest BCUT2D eigenvalue weighted by atomic mass is 9.93. The zero-order valence-electron chi connectivity index (χ0n) is 25.8. The lowest BCUT2D eigenvalue weighted by Crippen LogP contribution is -2.45. The molecule has 0 saturated carbocycles. The average molecular weight is 652 g/mol. The number of ether oxygens (including phenoxy) is 4. The van der Waals surface area contributed by atoms with Gasteiger partial charge in [0.25, 0.3) is 0 Å². The molecule has 7 heteroatoms. The van der Waals surface area contributed by atoms with Crippen LogP contribution in [0.2, 0.25) is 5.02 Å². The van der Waals surface area contributed by atoms with Gasteiger partial charge in [0, 0.05) is 17.6 Å². The fourth-order valence-electron chi connectivity index (χ4n) is 5.61. The van der Waals surface area contributed by atoms with Crippen LogP contribution in [0.4, 0.5) is 0 Å². The van der Waals surface area contributed by atoms with Crippen LogP contribution in [0.15, 0.2) is 133 Å². The van der Waals surface area contributed by atoms with Gasteiger partial charge >= 0.3 is 0 Å². The van der Waals surface area contributed by atoms with Crippen molar-refractivity contribution < 1.29 is 18.9 Å². The molecule has 5 nitrogen and oxygen atoms in total. The van der Waals surface area contributed by atoms with Gasteiger partial charge in [-0.2, -0.15) is 0 Å². The lowest BCUT2D eigenvalue weighted by molar-refractivity contribution is -0.193. The van der Waals surface area contributed by atoms with Crippen molar-refractivity contribution in [2.45, 2.75) is 61.8 Å². The summed E-state index contributed by atoms with van der Waals surface area (Å²) >= 11 is 8.41. The maximum atomic E-state index is 6.91. The molecule has 4 aromatic carbocycles. The molecular formula is C39H38ClNO4S. The van der Waals surface area contributed by atoms with Gasteiger partial charge in [-0.1, -0.05) is 114 Å². The van der Waals surface area contributed by atoms with Gasteiger partial charge in [-0.15, -0.1) is 0 Å². The third kappa shape index (κ3) is 8.78. The molecule has 0 spiro atoms. The first kappa shape index (κ1) is 32.3. The van der Waals surface area contributed by atoms with Gasteiger partial charge in [0.15, 0.2) is 0 Å². The number of nitrogens with zero attached hydrogens (tertiary/aromatic N) is 1. The minimum atomic E-state index is -0.393. The Balaban J connectivity index is 1.31. The Bertz CT molecular complexity index is 1640. The van der Waals surface area contributed by atoms with Crippen molar-refractivity contribution in [3.8, 4) is 5.75 Å². The molecule has 6 rings (SSSR count). The monoisotopic (exact) mass is 651 g/mol. The summed E-state index contributed by atoms with van der Waals surface area (Å²) in [4.78, 5) is 4.56. The first-order valence-electron chi connectivity index (χ1n) is 15.7. The van der Waals surface area contributed by atoms with Crippen LogP contribution in [0.25, 0.3) is 0 Å². The molecule has 1 aliphatic heterocycles. The molecule has 4 atom stereocenters. The average Bonchev–Trinajstić information content (AvgIpc) is 3.10. The van der Waals surface area contributed by atoms with Crippen LogP contribution in [0, 0.1) is 0 Å². The van der Waals surface area contributed by atoms with Crippen LogP contribution >= 0.6 is 23.4 Å². The number of hydrogen-bond acceptors (Lipinski definition) is 6. The van der Waals surface area contributed by atoms with E-state index in [-0.39, 0.29) is 17.6 Å². The molecule has 2 heterocycles. The van der Waals surface area contributed by atoms with Crippen LogP contribution in [-0.4, -0.2) is 29.2 Å². The highest BCUT2D eigenvalue weighted by atomic mass is 35.5. The summed E-state index contributed by atoms with van der Waals surface area (Å²) in [7, 11) is 0. The molecule has 46 heavy (non-hydrogen) atoms. The number of benzene rings is 4. The van der Waals surface area contributed by atoms with Crippen molar-refractivity contribution in [3.05, 3.63) is 160 Å². The second kappa shape index (κ2) is 16.3. The molecule has 3 unspecified atom stereocenters. The predicted molar refractivity (Wildman–Crippen MR) is 184 cm³/mol. The first-order valence-corrected chi connectivity index (χ1v) is 16.9. The lowest BCUT2D eigenvalue weighted by Gasteiger charge is -2.41. The van der Waals surface area contributed by atoms with E-state index in [1.54, 1.807) is 11.8 Å². The van der Waals surface area contributed by atoms with Crippen LogP contribution in [0.1, 0.15) is 47.3 Å². The van der Waals surface area contributed by atoms with E-state index in [4.69, 9.17) is 30.5 Å². The maximum absolute atomic E-state index is 6.91. The highest BCUT2D eigenvalue weighted by Gasteiger charge is 2.42. The zero-order valence-corrected chi connectivity index (χ0v) is 27.4. The highest BCUT2D eigenvalue weighted by Crippen LogP contribution is 2.42. The Morgan fingerprint density at radius 1 is 0.783 bits per heavy atom. The highest BCUT2D eigenvalue weighted by molar-refractivity contribution is 7.99. The van der Waals surface area contributed by atoms with E-state index in [1.807, 2.05) is 85.9 Å². The van der Waals surface area contributed by atoms with Gasteiger partial charge in [-0.05, 0) is 71.5 Å². The van der Waals surface area contributed by atoms with E-state index in [2.05, 4.69) is 53.5 Å². The van der Waals surface area contributed by atoms with Crippen molar-refractivity contribution in [2.24, 2.45) is 0 Å². The van der Waals surface area contributed by atoms with Gasteiger partial charge in [-0.3, -0.25) is 0 Å². The summed E-state index contributed by atoms with van der Waals surface area (Å²) in [5.41, 5.74) is 5.20. The van der Waals surface area contributed by atoms with Gasteiger partial charge in [0.1, 0.15) is 23.4 Å². The first-order chi connectivity index (χ1) is 22.6. The molecule has 0 aliphatic carbocycles. The van der Waals surface area contributed by atoms with E-state index in [0.717, 1.165) is 38.6 Å². The molecule has 1 aliphatic rings. The minimum absolute atomic E-state index is 0.192. The van der Waals surface area contributed by atoms with Crippen LogP contribution in [-0.2, 0) is 33.8 Å². The van der Waals surface area contributed by atoms with E-state index in [0.29, 0.717) is 37.7 Å². The van der Waals surface area contributed by atoms with Crippen molar-refractivity contribution in [2.75, 3.05) is 6.61 Å². The number of rotatable bonds is 13. The number of hydrogen-bond donors (Lipinski definition) is 0. The smallest absolute Gasteiger partial charge is 0.119 e. The molecule has 1 saturated heterocycles. The van der Waals surface area contributed by atoms with E-state index >= 15 is 0 Å². The fraction of sp³-hybridized carbons (Fsp3) is 0.256. The quantitative estimate of drug-likeness (QED) is 0.126. The summed E-state index contributed by atoms with van der Waals surface area (Å²) in [6.45, 7) is 3.55. The van der Waals surface area contributed by atoms with Crippen molar-refractivity contribution >= 4 is 23.4 Å². The van der Waals surface area contributed by atoms with Crippen molar-refractivity contribution in [1.82, 2.24) is 4.98 Å². The third-order valence-electron chi connectivity index (χ3n) is 7.90. The Hall–Kier alpha value is -3.65. The molecule has 1 aromatic heterocycles. The molecular weight excluding hydrogens is 614 g/mol. The summed E-state index contributed by atoms with van der Waals surface area (Å²) in [6.07, 6.45) is 2.16. The topological polar surface area (TPSA) is 49.8 Å². The van der Waals surface area contributed by atoms with Gasteiger partial charge in [0.05, 0.1) is 31.0 Å². The van der Waals surface area contributed by atoms with Crippen LogP contribution in [0.3, 0.4) is 0 Å². The van der Waals surface area contributed by atoms with E-state index < -0.39 is 6.10 Å². The second-order valence-corrected chi connectivity index (χ2v) is 12.8. The molecule has 0 radical (unpaired) electrons. The van der Waals surface area contributed by atoms with Gasteiger partial charge in [0.2, 0.25) is 0 Å². The Morgan fingerprint density at radius 2 is 1.48 bits per heavy atom. The van der Waals surface area contributed by atoms with Crippen LogP contribution < -0.4 is 4.74 Å². The molecule has 5 aromatic rings. The molecule has 0 N–H and O–H groups in total. The van der Waals surface area contributed by atoms with Gasteiger partial charge < -0.3 is 18.9 Å². The number of halogens is 1. The van der Waals surface area contributed by atoms with Crippen molar-refractivity contribution in [3.63, 3.8) is 0 Å². The van der Waals surface area contributed by atoms with E-state index in [1.165, 1.54) is 0 Å². The SMILES string of the molecule is CCOc1ccc(Cc2cc(C3OC(Sc4ccccn4)CC(OCc4ccccc4)[C@H]3OCc3ccccc3)ccc2Cl)cc1. The van der Waals surface area contributed by atoms with Gasteiger partial charge in [-0.25, -0.2) is 4.98 Å². The zero-order chi connectivity index (χ0) is 31.6. The third-order valence-corrected chi connectivity index (χ3v) is 9.32. The van der Waals surface area contributed by atoms with Crippen molar-refractivity contribution in [1.29, 1.82) is 0 Å². The summed E-state index contributed by atoms with van der Waals surface area (Å²) < 4.78 is 26.0. The summed E-state index contributed by atoms with van der Waals surface area (Å²) in [6, 6.07) is 40.8. The normalized spacial score (nSPS) is 19.5. The molecule has 0 bridgehead atoms. The number of thioether (sulfide) groups is 1. The maximum Gasteiger partial charge on any atom is 0.119 e. The number of pyridine rings is 1. The minimum Gasteiger partial charge on any atom is -0.494 e. The standard InChI is InChI=1S/C39H38ClNO4S/c1-2-42-33-19-16-28(17-20-33)23-32-24-31(18-21-34(32)40)38-39(44-27-30-13-7-4-8-14-30)35(43-26-29-11-5-3-6-12-29)25-37(45-38)46-36-15-9-10-22-41-36/h3-22,24,35,37-39H,2,23,25-27H2,1H3/t35?,37?,38?,39-/m1/s1. The molecule has 236 valence electrons. The molecule has 0 amide bonds. The summed E-state index contributed by atoms with van der Waals surface area (Å²) in [5.74, 6) is 0.859. The van der Waals surface area contributed by atoms with E-state index in [9.17, 15) is 0 Å². The van der Waals surface area contributed by atoms with Crippen LogP contribution in [0.5, 0.6) is 5.75 Å². The Labute approximate surface area is 280 Å².